The van der Waals surface area contributed by atoms with Crippen molar-refractivity contribution in [2.45, 2.75) is 13.5 Å². The van der Waals surface area contributed by atoms with Crippen molar-refractivity contribution in [2.75, 3.05) is 5.32 Å². The molecule has 0 aliphatic rings. The van der Waals surface area contributed by atoms with Gasteiger partial charge in [0.2, 0.25) is 5.43 Å². The third-order valence-corrected chi connectivity index (χ3v) is 3.83. The Morgan fingerprint density at radius 2 is 1.96 bits per heavy atom. The zero-order valence-corrected chi connectivity index (χ0v) is 14.6. The van der Waals surface area contributed by atoms with Crippen LogP contribution < -0.4 is 15.5 Å². The normalized spacial score (nSPS) is 10.4. The first kappa shape index (κ1) is 17.4. The molecule has 0 unspecified atom stereocenters. The second-order valence-corrected chi connectivity index (χ2v) is 5.94. The molecule has 0 atom stereocenters. The van der Waals surface area contributed by atoms with Gasteiger partial charge in [0.05, 0.1) is 6.20 Å². The van der Waals surface area contributed by atoms with E-state index in [0.717, 1.165) is 11.1 Å². The van der Waals surface area contributed by atoms with Crippen LogP contribution in [-0.2, 0) is 13.7 Å². The molecule has 6 heteroatoms. The van der Waals surface area contributed by atoms with Gasteiger partial charge in [-0.25, -0.2) is 4.98 Å². The average Bonchev–Trinajstić information content (AvgIpc) is 2.63. The molecule has 0 aliphatic heterocycles. The molecule has 0 bridgehead atoms. The molecule has 0 saturated carbocycles. The highest BCUT2D eigenvalue weighted by molar-refractivity contribution is 6.02. The smallest absolute Gasteiger partial charge is 0.273 e. The number of nitrogens with zero attached hydrogens (tertiary/aromatic N) is 2. The molecule has 132 valence electrons. The largest absolute Gasteiger partial charge is 0.483 e. The van der Waals surface area contributed by atoms with E-state index in [4.69, 9.17) is 4.74 Å². The first-order chi connectivity index (χ1) is 12.5. The van der Waals surface area contributed by atoms with Gasteiger partial charge in [0.1, 0.15) is 18.1 Å². The Labute approximate surface area is 151 Å². The van der Waals surface area contributed by atoms with Crippen LogP contribution in [-0.4, -0.2) is 15.5 Å². The van der Waals surface area contributed by atoms with Crippen molar-refractivity contribution in [2.24, 2.45) is 7.05 Å². The van der Waals surface area contributed by atoms with Crippen LogP contribution in [0.2, 0.25) is 0 Å². The Morgan fingerprint density at radius 3 is 2.69 bits per heavy atom. The van der Waals surface area contributed by atoms with Gasteiger partial charge in [-0.05, 0) is 30.2 Å². The van der Waals surface area contributed by atoms with Crippen molar-refractivity contribution in [1.82, 2.24) is 9.55 Å². The van der Waals surface area contributed by atoms with Gasteiger partial charge < -0.3 is 14.6 Å². The molecule has 0 spiro atoms. The van der Waals surface area contributed by atoms with E-state index in [9.17, 15) is 9.59 Å². The molecule has 2 aromatic heterocycles. The summed E-state index contributed by atoms with van der Waals surface area (Å²) in [6, 6.07) is 14.4. The first-order valence-electron chi connectivity index (χ1n) is 8.14. The lowest BCUT2D eigenvalue weighted by molar-refractivity contribution is 0.101. The van der Waals surface area contributed by atoms with Crippen LogP contribution in [0, 0.1) is 6.92 Å². The van der Waals surface area contributed by atoms with Crippen LogP contribution in [0.15, 0.2) is 65.7 Å². The number of hydrogen-bond donors (Lipinski definition) is 1. The summed E-state index contributed by atoms with van der Waals surface area (Å²) >= 11 is 0. The fourth-order valence-electron chi connectivity index (χ4n) is 2.46. The topological polar surface area (TPSA) is 73.2 Å². The minimum Gasteiger partial charge on any atom is -0.483 e. The molecule has 6 nitrogen and oxygen atoms in total. The number of pyridine rings is 2. The number of aryl methyl sites for hydroxylation is 2. The molecule has 0 saturated heterocycles. The zero-order chi connectivity index (χ0) is 18.5. The first-order valence-corrected chi connectivity index (χ1v) is 8.14. The summed E-state index contributed by atoms with van der Waals surface area (Å²) in [4.78, 5) is 28.8. The van der Waals surface area contributed by atoms with E-state index in [1.807, 2.05) is 43.3 Å². The molecule has 1 N–H and O–H groups in total. The van der Waals surface area contributed by atoms with Gasteiger partial charge in [0, 0.05) is 19.3 Å². The van der Waals surface area contributed by atoms with Gasteiger partial charge in [-0.1, -0.05) is 30.3 Å². The monoisotopic (exact) mass is 349 g/mol. The maximum atomic E-state index is 12.4. The summed E-state index contributed by atoms with van der Waals surface area (Å²) in [6.45, 7) is 2.20. The van der Waals surface area contributed by atoms with Crippen LogP contribution in [0.5, 0.6) is 5.75 Å². The quantitative estimate of drug-likeness (QED) is 0.769. The van der Waals surface area contributed by atoms with E-state index in [1.165, 1.54) is 12.3 Å². The van der Waals surface area contributed by atoms with Crippen molar-refractivity contribution in [3.05, 3.63) is 88.0 Å². The minimum atomic E-state index is -0.405. The Balaban J connectivity index is 1.76. The van der Waals surface area contributed by atoms with Crippen molar-refractivity contribution in [1.29, 1.82) is 0 Å². The number of ether oxygens (including phenoxy) is 1. The molecule has 0 aliphatic carbocycles. The van der Waals surface area contributed by atoms with E-state index in [1.54, 1.807) is 23.9 Å². The number of aromatic nitrogens is 2. The lowest BCUT2D eigenvalue weighted by atomic mass is 10.2. The highest BCUT2D eigenvalue weighted by atomic mass is 16.5. The minimum absolute atomic E-state index is 0.196. The number of carbonyl (C=O) groups is 1. The molecule has 2 heterocycles. The number of nitrogens with one attached hydrogen (secondary N) is 1. The Bertz CT molecular complexity index is 981. The molecule has 0 radical (unpaired) electrons. The summed E-state index contributed by atoms with van der Waals surface area (Å²) in [5, 5.41) is 2.69. The van der Waals surface area contributed by atoms with Crippen molar-refractivity contribution < 1.29 is 9.53 Å². The average molecular weight is 349 g/mol. The number of amides is 1. The number of rotatable bonds is 5. The van der Waals surface area contributed by atoms with Crippen molar-refractivity contribution in [3.63, 3.8) is 0 Å². The lowest BCUT2D eigenvalue weighted by Gasteiger charge is -2.12. The second-order valence-electron chi connectivity index (χ2n) is 5.94. The molecule has 1 aromatic carbocycles. The van der Waals surface area contributed by atoms with Gasteiger partial charge in [0.25, 0.3) is 5.91 Å². The van der Waals surface area contributed by atoms with Gasteiger partial charge in [-0.15, -0.1) is 0 Å². The molecule has 26 heavy (non-hydrogen) atoms. The van der Waals surface area contributed by atoms with Crippen LogP contribution in [0.25, 0.3) is 0 Å². The number of benzene rings is 1. The van der Waals surface area contributed by atoms with E-state index in [2.05, 4.69) is 10.3 Å². The van der Waals surface area contributed by atoms with Gasteiger partial charge in [-0.3, -0.25) is 9.59 Å². The molecule has 0 fully saturated rings. The van der Waals surface area contributed by atoms with Crippen LogP contribution in [0.1, 0.15) is 21.6 Å². The fourth-order valence-corrected chi connectivity index (χ4v) is 2.46. The molecular formula is C20H19N3O3. The summed E-state index contributed by atoms with van der Waals surface area (Å²) in [5.41, 5.74) is 1.82. The summed E-state index contributed by atoms with van der Waals surface area (Å²) in [5.74, 6) is 0.228. The van der Waals surface area contributed by atoms with E-state index >= 15 is 0 Å². The summed E-state index contributed by atoms with van der Waals surface area (Å²) in [7, 11) is 1.69. The van der Waals surface area contributed by atoms with Crippen LogP contribution >= 0.6 is 0 Å². The third kappa shape index (κ3) is 4.16. The molecule has 3 rings (SSSR count). The maximum Gasteiger partial charge on any atom is 0.273 e. The number of hydrogen-bond acceptors (Lipinski definition) is 4. The molecular weight excluding hydrogens is 330 g/mol. The summed E-state index contributed by atoms with van der Waals surface area (Å²) in [6.07, 6.45) is 3.13. The van der Waals surface area contributed by atoms with Crippen molar-refractivity contribution in [3.8, 4) is 5.75 Å². The van der Waals surface area contributed by atoms with Gasteiger partial charge in [0.15, 0.2) is 5.75 Å². The number of carbonyl (C=O) groups excluding carboxylic acids is 1. The Morgan fingerprint density at radius 1 is 1.19 bits per heavy atom. The predicted molar refractivity (Wildman–Crippen MR) is 99.4 cm³/mol. The molecule has 1 amide bonds. The lowest BCUT2D eigenvalue weighted by Crippen LogP contribution is -2.22. The number of anilines is 1. The SMILES string of the molecule is Cc1ccnc(NC(=O)c2cc(=O)c(OCc3ccccc3)cn2C)c1. The Kier molecular flexibility index (Phi) is 5.12. The van der Waals surface area contributed by atoms with Crippen LogP contribution in [0.3, 0.4) is 0 Å². The predicted octanol–water partition coefficient (Wildman–Crippen LogP) is 2.92. The Hall–Kier alpha value is -3.41. The van der Waals surface area contributed by atoms with Crippen molar-refractivity contribution >= 4 is 11.7 Å². The third-order valence-electron chi connectivity index (χ3n) is 3.83. The summed E-state index contributed by atoms with van der Waals surface area (Å²) < 4.78 is 7.16. The van der Waals surface area contributed by atoms with Crippen LogP contribution in [0.4, 0.5) is 5.82 Å². The maximum absolute atomic E-state index is 12.4. The van der Waals surface area contributed by atoms with E-state index in [-0.39, 0.29) is 23.5 Å². The highest BCUT2D eigenvalue weighted by Gasteiger charge is 2.13. The standard InChI is InChI=1S/C20H19N3O3/c1-14-8-9-21-19(10-14)22-20(25)16-11-17(24)18(12-23(16)2)26-13-15-6-4-3-5-7-15/h3-12H,13H2,1-2H3,(H,21,22,25). The van der Waals surface area contributed by atoms with Gasteiger partial charge in [-0.2, -0.15) is 0 Å². The second kappa shape index (κ2) is 7.65. The molecule has 3 aromatic rings. The zero-order valence-electron chi connectivity index (χ0n) is 14.6. The van der Waals surface area contributed by atoms with E-state index in [0.29, 0.717) is 5.82 Å². The highest BCUT2D eigenvalue weighted by Crippen LogP contribution is 2.11. The van der Waals surface area contributed by atoms with E-state index < -0.39 is 5.91 Å². The fraction of sp³-hybridized carbons (Fsp3) is 0.150. The van der Waals surface area contributed by atoms with Gasteiger partial charge >= 0.3 is 0 Å².